The van der Waals surface area contributed by atoms with Gasteiger partial charge in [-0.15, -0.1) is 0 Å². The second-order valence-corrected chi connectivity index (χ2v) is 7.79. The normalized spacial score (nSPS) is 12.2. The van der Waals surface area contributed by atoms with Gasteiger partial charge in [-0.25, -0.2) is 9.48 Å². The number of carbonyl (C=O) groups excluding carboxylic acids is 2. The number of hydrogen-bond acceptors (Lipinski definition) is 4. The van der Waals surface area contributed by atoms with E-state index in [4.69, 9.17) is 0 Å². The fourth-order valence-electron chi connectivity index (χ4n) is 4.00. The number of aromatic amines is 2. The Morgan fingerprint density at radius 3 is 2.43 bits per heavy atom. The lowest BCUT2D eigenvalue weighted by Crippen LogP contribution is -2.21. The lowest BCUT2D eigenvalue weighted by atomic mass is 10.0. The molecule has 0 bridgehead atoms. The summed E-state index contributed by atoms with van der Waals surface area (Å²) in [5.74, 6) is 0.396. The third-order valence-electron chi connectivity index (χ3n) is 5.53. The van der Waals surface area contributed by atoms with Gasteiger partial charge >= 0.3 is 12.4 Å². The molecule has 0 spiro atoms. The molecule has 8 nitrogen and oxygen atoms in total. The highest BCUT2D eigenvalue weighted by molar-refractivity contribution is 6.12. The maximum absolute atomic E-state index is 14.2. The second-order valence-electron chi connectivity index (χ2n) is 7.79. The van der Waals surface area contributed by atoms with E-state index in [-0.39, 0.29) is 16.4 Å². The Morgan fingerprint density at radius 2 is 1.73 bits per heavy atom. The van der Waals surface area contributed by atoms with Gasteiger partial charge in [0, 0.05) is 28.0 Å². The first-order chi connectivity index (χ1) is 17.5. The molecular formula is C23H12F6N6O2. The van der Waals surface area contributed by atoms with Gasteiger partial charge in [-0.3, -0.25) is 20.0 Å². The molecule has 0 radical (unpaired) electrons. The summed E-state index contributed by atoms with van der Waals surface area (Å²) < 4.78 is 82.0. The fourth-order valence-corrected chi connectivity index (χ4v) is 4.00. The number of aromatic nitrogens is 5. The van der Waals surface area contributed by atoms with Crippen LogP contribution in [-0.2, 0) is 17.1 Å². The molecule has 0 atom stereocenters. The van der Waals surface area contributed by atoms with Crippen LogP contribution in [0.15, 0.2) is 54.9 Å². The predicted molar refractivity (Wildman–Crippen MR) is 118 cm³/mol. The number of pyridine rings is 1. The van der Waals surface area contributed by atoms with E-state index < -0.39 is 40.9 Å². The average molecular weight is 518 g/mol. The van der Waals surface area contributed by atoms with Crippen LogP contribution in [0.25, 0.3) is 27.4 Å². The van der Waals surface area contributed by atoms with Crippen molar-refractivity contribution in [1.82, 2.24) is 25.0 Å². The number of rotatable bonds is 3. The monoisotopic (exact) mass is 518 g/mol. The van der Waals surface area contributed by atoms with Crippen LogP contribution in [0.1, 0.15) is 21.7 Å². The first kappa shape index (κ1) is 23.9. The van der Waals surface area contributed by atoms with E-state index in [1.165, 1.54) is 24.3 Å². The molecule has 0 unspecified atom stereocenters. The van der Waals surface area contributed by atoms with Crippen LogP contribution in [-0.4, -0.2) is 36.8 Å². The van der Waals surface area contributed by atoms with E-state index in [9.17, 15) is 35.9 Å². The first-order valence-corrected chi connectivity index (χ1v) is 10.3. The highest BCUT2D eigenvalue weighted by Crippen LogP contribution is 2.37. The third kappa shape index (κ3) is 4.12. The van der Waals surface area contributed by atoms with E-state index in [1.807, 2.05) is 5.32 Å². The van der Waals surface area contributed by atoms with Crippen molar-refractivity contribution in [2.24, 2.45) is 0 Å². The summed E-state index contributed by atoms with van der Waals surface area (Å²) in [5, 5.41) is 12.4. The zero-order chi connectivity index (χ0) is 26.5. The van der Waals surface area contributed by atoms with Gasteiger partial charge in [-0.05, 0) is 24.3 Å². The topological polar surface area (TPSA) is 108 Å². The van der Waals surface area contributed by atoms with Crippen molar-refractivity contribution in [3.8, 4) is 5.69 Å². The van der Waals surface area contributed by atoms with E-state index in [1.54, 1.807) is 12.0 Å². The number of amides is 1. The van der Waals surface area contributed by atoms with E-state index in [2.05, 4.69) is 20.3 Å². The Balaban J connectivity index is 1.66. The Labute approximate surface area is 201 Å². The summed E-state index contributed by atoms with van der Waals surface area (Å²) in [5.41, 5.74) is -3.65. The molecule has 1 amide bonds. The molecule has 0 aliphatic carbocycles. The van der Waals surface area contributed by atoms with E-state index in [0.29, 0.717) is 33.2 Å². The van der Waals surface area contributed by atoms with Crippen molar-refractivity contribution >= 4 is 39.2 Å². The number of halogens is 6. The number of hydrogen-bond donors (Lipinski definition) is 3. The smallest absolute Gasteiger partial charge is 0.322 e. The molecule has 0 aliphatic rings. The standard InChI is InChI=1S/C23H12F6N6O2/c24-22(25,26)18-8-11(6-7-30-18)32-21(37)14-9-31-35(20(14)23(27,28)29)17-5-4-15-19-12(2-1-3-13(17)19)16(10-36)34-33-15/h1-9,33-34H,(H,30,32,37). The predicted octanol–water partition coefficient (Wildman–Crippen LogP) is 4.30. The summed E-state index contributed by atoms with van der Waals surface area (Å²) in [6.07, 6.45) is -8.45. The highest BCUT2D eigenvalue weighted by atomic mass is 19.4. The molecule has 0 fully saturated rings. The number of carbonyl (C=O) groups is 1. The van der Waals surface area contributed by atoms with Gasteiger partial charge in [0.05, 0.1) is 23.0 Å². The van der Waals surface area contributed by atoms with Crippen molar-refractivity contribution in [3.63, 3.8) is 0 Å². The molecule has 3 heterocycles. The van der Waals surface area contributed by atoms with Crippen LogP contribution in [0.4, 0.5) is 32.0 Å². The molecular weight excluding hydrogens is 506 g/mol. The van der Waals surface area contributed by atoms with Crippen LogP contribution in [0, 0.1) is 0 Å². The first-order valence-electron chi connectivity index (χ1n) is 10.3. The van der Waals surface area contributed by atoms with E-state index >= 15 is 0 Å². The summed E-state index contributed by atoms with van der Waals surface area (Å²) in [6, 6.07) is 8.95. The summed E-state index contributed by atoms with van der Waals surface area (Å²) in [7, 11) is 0. The molecule has 5 rings (SSSR count). The zero-order valence-corrected chi connectivity index (χ0v) is 18.1. The Hall–Kier alpha value is -4.84. The minimum atomic E-state index is -5.08. The van der Waals surface area contributed by atoms with Crippen molar-refractivity contribution in [1.29, 1.82) is 0 Å². The summed E-state index contributed by atoms with van der Waals surface area (Å²) in [4.78, 5) is 27.2. The number of H-pyrrole nitrogens is 2. The highest BCUT2D eigenvalue weighted by Gasteiger charge is 2.41. The minimum Gasteiger partial charge on any atom is -0.322 e. The van der Waals surface area contributed by atoms with Crippen LogP contribution in [0.2, 0.25) is 0 Å². The van der Waals surface area contributed by atoms with Crippen LogP contribution < -0.4 is 10.7 Å². The lowest BCUT2D eigenvalue weighted by Gasteiger charge is -2.16. The molecule has 0 aliphatic heterocycles. The number of anilines is 1. The van der Waals surface area contributed by atoms with Gasteiger partial charge in [0.1, 0.15) is 11.0 Å². The van der Waals surface area contributed by atoms with Crippen molar-refractivity contribution < 1.29 is 35.9 Å². The van der Waals surface area contributed by atoms with E-state index in [0.717, 1.165) is 12.3 Å². The third-order valence-corrected chi connectivity index (χ3v) is 5.53. The largest absolute Gasteiger partial charge is 0.434 e. The lowest BCUT2D eigenvalue weighted by molar-refractivity contribution is -0.143. The Kier molecular flexibility index (Phi) is 5.41. The number of alkyl halides is 6. The quantitative estimate of drug-likeness (QED) is 0.310. The minimum absolute atomic E-state index is 0.0439. The molecule has 14 heteroatoms. The molecule has 0 saturated heterocycles. The maximum atomic E-state index is 14.2. The molecule has 0 saturated carbocycles. The zero-order valence-electron chi connectivity index (χ0n) is 18.1. The second kappa shape index (κ2) is 8.38. The van der Waals surface area contributed by atoms with Gasteiger partial charge in [0.15, 0.2) is 11.6 Å². The number of nitrogens with one attached hydrogen (secondary N) is 3. The molecule has 37 heavy (non-hydrogen) atoms. The van der Waals surface area contributed by atoms with Crippen LogP contribution in [0.3, 0.4) is 0 Å². The van der Waals surface area contributed by atoms with Crippen molar-refractivity contribution in [3.05, 3.63) is 77.2 Å². The van der Waals surface area contributed by atoms with Gasteiger partial charge in [0.2, 0.25) is 0 Å². The molecule has 3 aromatic heterocycles. The SMILES string of the molecule is O=C=c1[nH][nH]c2ccc(-n3ncc(C(=O)Nc4ccnc(C(F)(F)F)c4)c3C(F)(F)F)c3cccc1c23. The van der Waals surface area contributed by atoms with Gasteiger partial charge in [-0.2, -0.15) is 31.4 Å². The van der Waals surface area contributed by atoms with Gasteiger partial charge in [-0.1, -0.05) is 18.2 Å². The fraction of sp³-hybridized carbons (Fsp3) is 0.0870. The van der Waals surface area contributed by atoms with Crippen LogP contribution in [0.5, 0.6) is 0 Å². The molecule has 3 N–H and O–H groups in total. The van der Waals surface area contributed by atoms with Crippen molar-refractivity contribution in [2.75, 3.05) is 5.32 Å². The Morgan fingerprint density at radius 1 is 0.973 bits per heavy atom. The van der Waals surface area contributed by atoms with Crippen molar-refractivity contribution in [2.45, 2.75) is 12.4 Å². The number of benzene rings is 2. The molecule has 188 valence electrons. The molecule has 2 aromatic carbocycles. The molecule has 5 aromatic rings. The summed E-state index contributed by atoms with van der Waals surface area (Å²) >= 11 is 0. The average Bonchev–Trinajstić information content (AvgIpc) is 3.30. The van der Waals surface area contributed by atoms with Gasteiger partial charge in [0.25, 0.3) is 5.91 Å². The van der Waals surface area contributed by atoms with Gasteiger partial charge < -0.3 is 5.32 Å². The van der Waals surface area contributed by atoms with Crippen LogP contribution >= 0.6 is 0 Å². The summed E-state index contributed by atoms with van der Waals surface area (Å²) in [6.45, 7) is 0. The number of nitrogens with zero attached hydrogens (tertiary/aromatic N) is 3. The maximum Gasteiger partial charge on any atom is 0.434 e. The Bertz CT molecular complexity index is 1770.